The minimum absolute atomic E-state index is 0.0884. The van der Waals surface area contributed by atoms with Crippen molar-refractivity contribution in [3.8, 4) is 0 Å². The molecule has 0 aliphatic heterocycles. The summed E-state index contributed by atoms with van der Waals surface area (Å²) in [4.78, 5) is 38.2. The zero-order chi connectivity index (χ0) is 56.4. The molecule has 0 spiro atoms. The molecule has 0 fully saturated rings. The molecule has 0 aromatic rings. The van der Waals surface area contributed by atoms with Crippen LogP contribution in [0.15, 0.2) is 122 Å². The van der Waals surface area contributed by atoms with Crippen molar-refractivity contribution in [3.63, 3.8) is 0 Å². The second-order valence-electron chi connectivity index (χ2n) is 21.3. The van der Waals surface area contributed by atoms with E-state index >= 15 is 0 Å². The van der Waals surface area contributed by atoms with E-state index in [-0.39, 0.29) is 31.1 Å². The van der Waals surface area contributed by atoms with E-state index in [4.69, 9.17) is 14.2 Å². The highest BCUT2D eigenvalue weighted by molar-refractivity contribution is 5.71. The van der Waals surface area contributed by atoms with Gasteiger partial charge in [0.25, 0.3) is 0 Å². The number of unbranched alkanes of at least 4 members (excludes halogenated alkanes) is 27. The molecule has 0 aliphatic carbocycles. The smallest absolute Gasteiger partial charge is 0.306 e. The van der Waals surface area contributed by atoms with Crippen LogP contribution in [0.4, 0.5) is 0 Å². The average Bonchev–Trinajstić information content (AvgIpc) is 3.44. The molecule has 0 bridgehead atoms. The lowest BCUT2D eigenvalue weighted by Gasteiger charge is -2.18. The van der Waals surface area contributed by atoms with Gasteiger partial charge in [-0.2, -0.15) is 0 Å². The van der Waals surface area contributed by atoms with Gasteiger partial charge < -0.3 is 14.2 Å². The largest absolute Gasteiger partial charge is 0.462 e. The molecule has 0 saturated carbocycles. The molecular formula is C72H120O6. The van der Waals surface area contributed by atoms with Gasteiger partial charge in [0.1, 0.15) is 13.2 Å². The molecule has 0 N–H and O–H groups in total. The Kier molecular flexibility index (Phi) is 61.8. The number of ether oxygens (including phenoxy) is 3. The van der Waals surface area contributed by atoms with Crippen LogP contribution in [0.3, 0.4) is 0 Å². The fourth-order valence-electron chi connectivity index (χ4n) is 8.79. The first-order valence-corrected chi connectivity index (χ1v) is 32.5. The highest BCUT2D eigenvalue weighted by Crippen LogP contribution is 2.15. The van der Waals surface area contributed by atoms with Crippen molar-refractivity contribution < 1.29 is 28.6 Å². The fourth-order valence-corrected chi connectivity index (χ4v) is 8.79. The fraction of sp³-hybridized carbons (Fsp3) is 0.681. The summed E-state index contributed by atoms with van der Waals surface area (Å²) in [5.74, 6) is -0.910. The minimum atomic E-state index is -0.792. The Morgan fingerprint density at radius 2 is 0.513 bits per heavy atom. The monoisotopic (exact) mass is 1080 g/mol. The van der Waals surface area contributed by atoms with Crippen LogP contribution in [0.1, 0.15) is 297 Å². The second-order valence-corrected chi connectivity index (χ2v) is 21.3. The minimum Gasteiger partial charge on any atom is -0.462 e. The molecule has 78 heavy (non-hydrogen) atoms. The summed E-state index contributed by atoms with van der Waals surface area (Å²) in [5.41, 5.74) is 0. The number of rotatable bonds is 58. The molecule has 0 rings (SSSR count). The molecule has 0 aromatic heterocycles. The lowest BCUT2D eigenvalue weighted by molar-refractivity contribution is -0.167. The second kappa shape index (κ2) is 65.3. The van der Waals surface area contributed by atoms with Gasteiger partial charge in [0.15, 0.2) is 6.10 Å². The number of carbonyl (C=O) groups is 3. The molecule has 0 saturated heterocycles. The third-order valence-electron chi connectivity index (χ3n) is 13.7. The van der Waals surface area contributed by atoms with E-state index in [0.29, 0.717) is 19.3 Å². The van der Waals surface area contributed by atoms with E-state index < -0.39 is 6.10 Å². The third kappa shape index (κ3) is 62.7. The summed E-state index contributed by atoms with van der Waals surface area (Å²) in [5, 5.41) is 0. The van der Waals surface area contributed by atoms with Gasteiger partial charge in [-0.15, -0.1) is 0 Å². The number of hydrogen-bond acceptors (Lipinski definition) is 6. The van der Waals surface area contributed by atoms with Crippen LogP contribution in [0.25, 0.3) is 0 Å². The van der Waals surface area contributed by atoms with E-state index in [1.165, 1.54) is 122 Å². The average molecular weight is 1080 g/mol. The predicted molar refractivity (Wildman–Crippen MR) is 339 cm³/mol. The molecule has 0 aliphatic rings. The van der Waals surface area contributed by atoms with Gasteiger partial charge in [0.2, 0.25) is 0 Å². The molecular weight excluding hydrogens is 961 g/mol. The van der Waals surface area contributed by atoms with Crippen molar-refractivity contribution in [2.24, 2.45) is 0 Å². The summed E-state index contributed by atoms with van der Waals surface area (Å²) in [7, 11) is 0. The van der Waals surface area contributed by atoms with Crippen LogP contribution in [0, 0.1) is 0 Å². The number of allylic oxidation sites excluding steroid dienone is 20. The van der Waals surface area contributed by atoms with Gasteiger partial charge in [-0.1, -0.05) is 271 Å². The molecule has 1 atom stereocenters. The molecule has 1 unspecified atom stereocenters. The number of esters is 3. The van der Waals surface area contributed by atoms with Gasteiger partial charge >= 0.3 is 17.9 Å². The highest BCUT2D eigenvalue weighted by atomic mass is 16.6. The number of hydrogen-bond donors (Lipinski definition) is 0. The zero-order valence-corrected chi connectivity index (χ0v) is 50.9. The Hall–Kier alpha value is -4.19. The van der Waals surface area contributed by atoms with E-state index in [9.17, 15) is 14.4 Å². The number of carbonyl (C=O) groups excluding carboxylic acids is 3. The zero-order valence-electron chi connectivity index (χ0n) is 50.9. The van der Waals surface area contributed by atoms with Crippen molar-refractivity contribution in [1.82, 2.24) is 0 Å². The molecule has 444 valence electrons. The van der Waals surface area contributed by atoms with Crippen molar-refractivity contribution in [1.29, 1.82) is 0 Å². The van der Waals surface area contributed by atoms with Crippen molar-refractivity contribution >= 4 is 17.9 Å². The Morgan fingerprint density at radius 3 is 0.833 bits per heavy atom. The SMILES string of the molecule is CC/C=C\C/C=C\C/C=C\C/C=C\C/C=C\C/C=C\C/C=C\CCCCCCCCCCCCCC(=O)OCC(COC(=O)CCCCCCC/C=C\CCCCCC)OC(=O)CCCCCCC/C=C\C/C=C\CCCC. The molecule has 0 radical (unpaired) electrons. The Labute approximate surface area is 482 Å². The van der Waals surface area contributed by atoms with E-state index in [1.807, 2.05) is 0 Å². The van der Waals surface area contributed by atoms with Gasteiger partial charge in [0.05, 0.1) is 0 Å². The lowest BCUT2D eigenvalue weighted by atomic mass is 10.0. The quantitative estimate of drug-likeness (QED) is 0.0261. The first-order valence-electron chi connectivity index (χ1n) is 32.5. The Morgan fingerprint density at radius 1 is 0.269 bits per heavy atom. The van der Waals surface area contributed by atoms with E-state index in [0.717, 1.165) is 135 Å². The first kappa shape index (κ1) is 73.8. The van der Waals surface area contributed by atoms with Crippen molar-refractivity contribution in [2.75, 3.05) is 13.2 Å². The molecule has 6 heteroatoms. The van der Waals surface area contributed by atoms with Crippen LogP contribution in [0.5, 0.6) is 0 Å². The lowest BCUT2D eigenvalue weighted by Crippen LogP contribution is -2.30. The Bertz CT molecular complexity index is 1620. The van der Waals surface area contributed by atoms with Crippen molar-refractivity contribution in [3.05, 3.63) is 122 Å². The summed E-state index contributed by atoms with van der Waals surface area (Å²) in [6, 6.07) is 0. The van der Waals surface area contributed by atoms with Crippen molar-refractivity contribution in [2.45, 2.75) is 303 Å². The first-order chi connectivity index (χ1) is 38.5. The summed E-state index contributed by atoms with van der Waals surface area (Å²) < 4.78 is 16.9. The van der Waals surface area contributed by atoms with Crippen LogP contribution in [-0.2, 0) is 28.6 Å². The van der Waals surface area contributed by atoms with Gasteiger partial charge in [0, 0.05) is 19.3 Å². The van der Waals surface area contributed by atoms with Gasteiger partial charge in [-0.3, -0.25) is 14.4 Å². The summed E-state index contributed by atoms with van der Waals surface area (Å²) >= 11 is 0. The predicted octanol–water partition coefficient (Wildman–Crippen LogP) is 22.4. The molecule has 0 aromatic carbocycles. The van der Waals surface area contributed by atoms with Crippen LogP contribution in [-0.4, -0.2) is 37.2 Å². The summed E-state index contributed by atoms with van der Waals surface area (Å²) in [6.07, 6.45) is 90.7. The van der Waals surface area contributed by atoms with E-state index in [2.05, 4.69) is 142 Å². The molecule has 6 nitrogen and oxygen atoms in total. The maximum atomic E-state index is 12.9. The maximum absolute atomic E-state index is 12.9. The van der Waals surface area contributed by atoms with Gasteiger partial charge in [-0.25, -0.2) is 0 Å². The highest BCUT2D eigenvalue weighted by Gasteiger charge is 2.19. The van der Waals surface area contributed by atoms with E-state index in [1.54, 1.807) is 0 Å². The Balaban J connectivity index is 4.22. The topological polar surface area (TPSA) is 78.9 Å². The standard InChI is InChI=1S/C72H120O6/c1-4-7-10-13-16-19-22-25-27-28-29-30-31-32-33-34-35-36-37-38-39-40-41-42-43-44-45-48-50-53-56-59-62-65-71(74)77-68-69(67-76-70(73)64-61-58-55-52-49-46-24-21-18-15-12-9-6-3)78-72(75)66-63-60-57-54-51-47-26-23-20-17-14-11-8-5-2/h7,10,14,16-17,19,21,23-27,29-30,32-33,35-36,38-39,69H,4-6,8-9,11-13,15,18,20,22,28,31,34,37,40-68H2,1-3H3/b10-7-,17-14-,19-16-,24-21-,26-23-,27-25-,30-29-,33-32-,36-35-,39-38-. The van der Waals surface area contributed by atoms with Crippen LogP contribution < -0.4 is 0 Å². The molecule has 0 heterocycles. The van der Waals surface area contributed by atoms with Crippen LogP contribution >= 0.6 is 0 Å². The third-order valence-corrected chi connectivity index (χ3v) is 13.7. The van der Waals surface area contributed by atoms with Crippen LogP contribution in [0.2, 0.25) is 0 Å². The maximum Gasteiger partial charge on any atom is 0.306 e. The summed E-state index contributed by atoms with van der Waals surface area (Å²) in [6.45, 7) is 6.46. The molecule has 0 amide bonds. The normalized spacial score (nSPS) is 12.9. The van der Waals surface area contributed by atoms with Gasteiger partial charge in [-0.05, 0) is 128 Å².